The van der Waals surface area contributed by atoms with Gasteiger partial charge < -0.3 is 20.9 Å². The molecule has 1 aliphatic heterocycles. The van der Waals surface area contributed by atoms with Crippen molar-refractivity contribution in [2.75, 3.05) is 20.4 Å². The van der Waals surface area contributed by atoms with E-state index in [1.54, 1.807) is 7.05 Å². The van der Waals surface area contributed by atoms with Crippen molar-refractivity contribution in [3.63, 3.8) is 0 Å². The molecule has 0 amide bonds. The molecule has 0 fully saturated rings. The SMILES string of the molecule is CN(C(=N)N)C(N)=NCCc1cccc2c1OCO2. The fraction of sp³-hybridized carbons (Fsp3) is 0.333. The maximum absolute atomic E-state index is 7.24. The summed E-state index contributed by atoms with van der Waals surface area (Å²) in [6, 6.07) is 5.75. The summed E-state index contributed by atoms with van der Waals surface area (Å²) in [5.74, 6) is 1.61. The first-order chi connectivity index (χ1) is 9.09. The number of benzene rings is 1. The van der Waals surface area contributed by atoms with E-state index in [0.29, 0.717) is 13.0 Å². The summed E-state index contributed by atoms with van der Waals surface area (Å²) in [5.41, 5.74) is 12.0. The van der Waals surface area contributed by atoms with Crippen LogP contribution in [-0.4, -0.2) is 37.2 Å². The molecule has 0 spiro atoms. The molecule has 5 N–H and O–H groups in total. The summed E-state index contributed by atoms with van der Waals surface area (Å²) in [4.78, 5) is 5.48. The first kappa shape index (κ1) is 13.0. The summed E-state index contributed by atoms with van der Waals surface area (Å²) in [6.07, 6.45) is 0.680. The van der Waals surface area contributed by atoms with Crippen molar-refractivity contribution in [1.29, 1.82) is 5.41 Å². The first-order valence-electron chi connectivity index (χ1n) is 5.84. The van der Waals surface area contributed by atoms with E-state index < -0.39 is 0 Å². The molecule has 19 heavy (non-hydrogen) atoms. The van der Waals surface area contributed by atoms with E-state index in [9.17, 15) is 0 Å². The van der Waals surface area contributed by atoms with Gasteiger partial charge in [0.25, 0.3) is 0 Å². The van der Waals surface area contributed by atoms with Crippen LogP contribution in [0, 0.1) is 5.41 Å². The van der Waals surface area contributed by atoms with Crippen LogP contribution in [0.3, 0.4) is 0 Å². The van der Waals surface area contributed by atoms with Gasteiger partial charge >= 0.3 is 0 Å². The lowest BCUT2D eigenvalue weighted by molar-refractivity contribution is 0.173. The lowest BCUT2D eigenvalue weighted by Crippen LogP contribution is -2.42. The second kappa shape index (κ2) is 5.47. The molecule has 0 radical (unpaired) electrons. The molecule has 1 aliphatic rings. The van der Waals surface area contributed by atoms with E-state index in [4.69, 9.17) is 26.4 Å². The van der Waals surface area contributed by atoms with Crippen LogP contribution in [0.1, 0.15) is 5.56 Å². The molecule has 0 saturated heterocycles. The molecule has 2 rings (SSSR count). The van der Waals surface area contributed by atoms with E-state index in [2.05, 4.69) is 4.99 Å². The van der Waals surface area contributed by atoms with Gasteiger partial charge in [-0.25, -0.2) is 0 Å². The van der Waals surface area contributed by atoms with Crippen LogP contribution in [0.2, 0.25) is 0 Å². The molecular weight excluding hydrogens is 246 g/mol. The third-order valence-corrected chi connectivity index (χ3v) is 2.84. The number of nitrogens with one attached hydrogen (secondary N) is 1. The van der Waals surface area contributed by atoms with Crippen LogP contribution in [0.25, 0.3) is 0 Å². The minimum atomic E-state index is -0.140. The largest absolute Gasteiger partial charge is 0.454 e. The minimum absolute atomic E-state index is 0.140. The standard InChI is InChI=1S/C12H17N5O2/c1-17(11(13)14)12(15)16-6-5-8-3-2-4-9-10(8)19-7-18-9/h2-4H,5-7H2,1H3,(H3,13,14)(H2,15,16). The smallest absolute Gasteiger partial charge is 0.231 e. The summed E-state index contributed by atoms with van der Waals surface area (Å²) in [6.45, 7) is 0.744. The number of para-hydroxylation sites is 1. The highest BCUT2D eigenvalue weighted by molar-refractivity contribution is 5.95. The van der Waals surface area contributed by atoms with Gasteiger partial charge in [0.2, 0.25) is 6.79 Å². The van der Waals surface area contributed by atoms with Gasteiger partial charge in [0, 0.05) is 19.2 Å². The summed E-state index contributed by atoms with van der Waals surface area (Å²) >= 11 is 0. The van der Waals surface area contributed by atoms with Gasteiger partial charge in [0.15, 0.2) is 23.4 Å². The Labute approximate surface area is 111 Å². The van der Waals surface area contributed by atoms with Crippen LogP contribution in [0.15, 0.2) is 23.2 Å². The van der Waals surface area contributed by atoms with E-state index in [-0.39, 0.29) is 18.7 Å². The summed E-state index contributed by atoms with van der Waals surface area (Å²) in [7, 11) is 1.60. The number of rotatable bonds is 3. The Bertz CT molecular complexity index is 515. The molecule has 0 aromatic heterocycles. The second-order valence-corrected chi connectivity index (χ2v) is 4.09. The monoisotopic (exact) mass is 263 g/mol. The number of ether oxygens (including phenoxy) is 2. The lowest BCUT2D eigenvalue weighted by atomic mass is 10.1. The summed E-state index contributed by atoms with van der Waals surface area (Å²) < 4.78 is 10.7. The topological polar surface area (TPSA) is 110 Å². The van der Waals surface area contributed by atoms with Gasteiger partial charge in [-0.2, -0.15) is 0 Å². The predicted molar refractivity (Wildman–Crippen MR) is 72.4 cm³/mol. The normalized spacial score (nSPS) is 13.4. The van der Waals surface area contributed by atoms with Crippen molar-refractivity contribution < 1.29 is 9.47 Å². The molecular formula is C12H17N5O2. The third kappa shape index (κ3) is 2.87. The Morgan fingerprint density at radius 3 is 2.95 bits per heavy atom. The lowest BCUT2D eigenvalue weighted by Gasteiger charge is -2.15. The average molecular weight is 263 g/mol. The van der Waals surface area contributed by atoms with Crippen LogP contribution in [-0.2, 0) is 6.42 Å². The van der Waals surface area contributed by atoms with E-state index in [1.165, 1.54) is 4.90 Å². The number of hydrogen-bond donors (Lipinski definition) is 3. The molecule has 0 unspecified atom stereocenters. The van der Waals surface area contributed by atoms with Crippen LogP contribution in [0.4, 0.5) is 0 Å². The number of nitrogens with two attached hydrogens (primary N) is 2. The second-order valence-electron chi connectivity index (χ2n) is 4.09. The van der Waals surface area contributed by atoms with Crippen molar-refractivity contribution >= 4 is 11.9 Å². The zero-order valence-electron chi connectivity index (χ0n) is 10.7. The highest BCUT2D eigenvalue weighted by Crippen LogP contribution is 2.35. The Morgan fingerprint density at radius 1 is 1.42 bits per heavy atom. The summed E-state index contributed by atoms with van der Waals surface area (Å²) in [5, 5.41) is 7.24. The number of hydrogen-bond acceptors (Lipinski definition) is 4. The third-order valence-electron chi connectivity index (χ3n) is 2.84. The van der Waals surface area contributed by atoms with E-state index >= 15 is 0 Å². The maximum atomic E-state index is 7.24. The van der Waals surface area contributed by atoms with Gasteiger partial charge in [0.05, 0.1) is 0 Å². The van der Waals surface area contributed by atoms with E-state index in [1.807, 2.05) is 18.2 Å². The van der Waals surface area contributed by atoms with Crippen molar-refractivity contribution in [1.82, 2.24) is 4.90 Å². The molecule has 1 aromatic carbocycles. The van der Waals surface area contributed by atoms with Gasteiger partial charge in [-0.05, 0) is 12.5 Å². The molecule has 0 saturated carbocycles. The zero-order valence-corrected chi connectivity index (χ0v) is 10.7. The van der Waals surface area contributed by atoms with Gasteiger partial charge in [-0.1, -0.05) is 12.1 Å². The van der Waals surface area contributed by atoms with Gasteiger partial charge in [0.1, 0.15) is 0 Å². The number of aliphatic imine (C=N–C) groups is 1. The maximum Gasteiger partial charge on any atom is 0.231 e. The quantitative estimate of drug-likeness (QED) is 0.529. The van der Waals surface area contributed by atoms with Crippen molar-refractivity contribution in [2.45, 2.75) is 6.42 Å². The van der Waals surface area contributed by atoms with Gasteiger partial charge in [-0.3, -0.25) is 15.3 Å². The average Bonchev–Trinajstić information content (AvgIpc) is 2.86. The number of fused-ring (bicyclic) bond motifs is 1. The molecule has 0 aliphatic carbocycles. The number of guanidine groups is 2. The zero-order chi connectivity index (χ0) is 13.8. The Morgan fingerprint density at radius 2 is 2.21 bits per heavy atom. The molecule has 7 nitrogen and oxygen atoms in total. The fourth-order valence-electron chi connectivity index (χ4n) is 1.71. The predicted octanol–water partition coefficient (Wildman–Crippen LogP) is 0.0978. The van der Waals surface area contributed by atoms with Crippen molar-refractivity contribution in [2.24, 2.45) is 16.5 Å². The Hall–Kier alpha value is -2.44. The molecule has 1 aromatic rings. The molecule has 0 atom stereocenters. The number of nitrogens with zero attached hydrogens (tertiary/aromatic N) is 2. The molecule has 1 heterocycles. The Balaban J connectivity index is 1.99. The molecule has 7 heteroatoms. The van der Waals surface area contributed by atoms with Crippen molar-refractivity contribution in [3.8, 4) is 11.5 Å². The fourth-order valence-corrected chi connectivity index (χ4v) is 1.71. The first-order valence-corrected chi connectivity index (χ1v) is 5.84. The Kier molecular flexibility index (Phi) is 3.74. The van der Waals surface area contributed by atoms with Crippen LogP contribution >= 0.6 is 0 Å². The van der Waals surface area contributed by atoms with Crippen molar-refractivity contribution in [3.05, 3.63) is 23.8 Å². The van der Waals surface area contributed by atoms with Gasteiger partial charge in [-0.15, -0.1) is 0 Å². The highest BCUT2D eigenvalue weighted by Gasteiger charge is 2.16. The van der Waals surface area contributed by atoms with E-state index in [0.717, 1.165) is 17.1 Å². The van der Waals surface area contributed by atoms with Crippen LogP contribution in [0.5, 0.6) is 11.5 Å². The van der Waals surface area contributed by atoms with Crippen LogP contribution < -0.4 is 20.9 Å². The molecule has 102 valence electrons. The highest BCUT2D eigenvalue weighted by atomic mass is 16.7. The minimum Gasteiger partial charge on any atom is -0.454 e. The molecule has 0 bridgehead atoms.